The van der Waals surface area contributed by atoms with Crippen LogP contribution in [0.15, 0.2) is 72.5 Å². The highest BCUT2D eigenvalue weighted by molar-refractivity contribution is 5.44. The van der Waals surface area contributed by atoms with Crippen LogP contribution in [-0.2, 0) is 0 Å². The minimum atomic E-state index is -0.356. The summed E-state index contributed by atoms with van der Waals surface area (Å²) in [6, 6.07) is 15.4. The van der Waals surface area contributed by atoms with E-state index in [0.29, 0.717) is 0 Å². The van der Waals surface area contributed by atoms with Gasteiger partial charge >= 0.3 is 0 Å². The van der Waals surface area contributed by atoms with Gasteiger partial charge in [-0.1, -0.05) is 30.3 Å². The van der Waals surface area contributed by atoms with E-state index >= 15 is 0 Å². The molecular formula is C20H19NO4. The first-order valence-corrected chi connectivity index (χ1v) is 7.94. The maximum atomic E-state index is 11.2. The minimum absolute atomic E-state index is 0.0223. The molecule has 2 aromatic carbocycles. The van der Waals surface area contributed by atoms with Crippen LogP contribution in [0.25, 0.3) is 0 Å². The molecule has 0 unspecified atom stereocenters. The van der Waals surface area contributed by atoms with Gasteiger partial charge in [-0.05, 0) is 35.4 Å². The second kappa shape index (κ2) is 7.21. The molecule has 0 saturated heterocycles. The number of benzene rings is 2. The fraction of sp³-hybridized carbons (Fsp3) is 0.200. The maximum absolute atomic E-state index is 11.2. The van der Waals surface area contributed by atoms with Crippen LogP contribution in [-0.4, -0.2) is 19.1 Å². The van der Waals surface area contributed by atoms with E-state index in [1.165, 1.54) is 0 Å². The Labute approximate surface area is 146 Å². The molecule has 128 valence electrons. The van der Waals surface area contributed by atoms with E-state index in [9.17, 15) is 10.1 Å². The molecule has 0 aromatic heterocycles. The number of allylic oxidation sites excluding steroid dienone is 3. The zero-order valence-electron chi connectivity index (χ0n) is 14.1. The van der Waals surface area contributed by atoms with Crippen molar-refractivity contribution >= 4 is 0 Å². The van der Waals surface area contributed by atoms with E-state index < -0.39 is 0 Å². The number of hydrogen-bond donors (Lipinski definition) is 0. The molecule has 5 nitrogen and oxygen atoms in total. The molecule has 0 radical (unpaired) electrons. The molecule has 1 aliphatic rings. The van der Waals surface area contributed by atoms with Crippen molar-refractivity contribution in [1.29, 1.82) is 0 Å². The van der Waals surface area contributed by atoms with E-state index in [2.05, 4.69) is 0 Å². The Bertz CT molecular complexity index is 841. The highest BCUT2D eigenvalue weighted by Crippen LogP contribution is 2.40. The first kappa shape index (κ1) is 16.8. The quantitative estimate of drug-likeness (QED) is 0.603. The second-order valence-corrected chi connectivity index (χ2v) is 5.81. The Morgan fingerprint density at radius 3 is 2.00 bits per heavy atom. The van der Waals surface area contributed by atoms with E-state index in [1.807, 2.05) is 54.6 Å². The Kier molecular flexibility index (Phi) is 4.84. The molecule has 0 spiro atoms. The third-order valence-corrected chi connectivity index (χ3v) is 4.38. The Morgan fingerprint density at radius 1 is 0.920 bits per heavy atom. The van der Waals surface area contributed by atoms with Crippen LogP contribution in [0.5, 0.6) is 11.5 Å². The first-order chi connectivity index (χ1) is 12.1. The smallest absolute Gasteiger partial charge is 0.265 e. The third-order valence-electron chi connectivity index (χ3n) is 4.38. The lowest BCUT2D eigenvalue weighted by Gasteiger charge is -2.25. The average molecular weight is 337 g/mol. The van der Waals surface area contributed by atoms with Crippen LogP contribution in [0.4, 0.5) is 0 Å². The summed E-state index contributed by atoms with van der Waals surface area (Å²) >= 11 is 0. The Morgan fingerprint density at radius 2 is 1.48 bits per heavy atom. The lowest BCUT2D eigenvalue weighted by Crippen LogP contribution is -2.14. The van der Waals surface area contributed by atoms with Gasteiger partial charge in [0, 0.05) is 24.0 Å². The van der Waals surface area contributed by atoms with Gasteiger partial charge in [0.1, 0.15) is 11.5 Å². The summed E-state index contributed by atoms with van der Waals surface area (Å²) in [5, 5.41) is 11.2. The van der Waals surface area contributed by atoms with Crippen molar-refractivity contribution in [2.24, 2.45) is 0 Å². The molecule has 0 aliphatic heterocycles. The molecule has 1 aliphatic carbocycles. The number of nitro groups is 1. The normalized spacial score (nSPS) is 19.2. The van der Waals surface area contributed by atoms with Crippen molar-refractivity contribution in [3.8, 4) is 11.5 Å². The van der Waals surface area contributed by atoms with Crippen molar-refractivity contribution in [2.75, 3.05) is 14.2 Å². The van der Waals surface area contributed by atoms with Crippen molar-refractivity contribution in [3.05, 3.63) is 93.7 Å². The molecule has 0 bridgehead atoms. The van der Waals surface area contributed by atoms with Crippen molar-refractivity contribution < 1.29 is 14.4 Å². The minimum Gasteiger partial charge on any atom is -0.497 e. The van der Waals surface area contributed by atoms with E-state index in [-0.39, 0.29) is 22.5 Å². The van der Waals surface area contributed by atoms with Gasteiger partial charge < -0.3 is 9.47 Å². The summed E-state index contributed by atoms with van der Waals surface area (Å²) < 4.78 is 10.6. The summed E-state index contributed by atoms with van der Waals surface area (Å²) in [5.74, 6) is 1.31. The van der Waals surface area contributed by atoms with Gasteiger partial charge in [0.2, 0.25) is 0 Å². The highest BCUT2D eigenvalue weighted by Gasteiger charge is 2.28. The second-order valence-electron chi connectivity index (χ2n) is 5.81. The van der Waals surface area contributed by atoms with Crippen LogP contribution in [0.2, 0.25) is 0 Å². The number of ether oxygens (including phenoxy) is 2. The molecule has 2 aromatic rings. The number of rotatable bonds is 5. The van der Waals surface area contributed by atoms with E-state index in [1.54, 1.807) is 26.4 Å². The van der Waals surface area contributed by atoms with Gasteiger partial charge in [0.15, 0.2) is 0 Å². The Hall–Kier alpha value is -3.08. The van der Waals surface area contributed by atoms with E-state index in [4.69, 9.17) is 9.47 Å². The summed E-state index contributed by atoms with van der Waals surface area (Å²) in [5.41, 5.74) is 2.12. The van der Waals surface area contributed by atoms with Crippen LogP contribution in [0, 0.1) is 10.1 Å². The summed E-state index contributed by atoms with van der Waals surface area (Å²) in [6.45, 7) is 0. The van der Waals surface area contributed by atoms with Gasteiger partial charge in [0.05, 0.1) is 19.1 Å². The predicted octanol–water partition coefficient (Wildman–Crippen LogP) is 4.30. The zero-order chi connectivity index (χ0) is 17.8. The number of methoxy groups -OCH3 is 2. The first-order valence-electron chi connectivity index (χ1n) is 7.94. The molecule has 0 saturated carbocycles. The molecule has 3 rings (SSSR count). The molecular weight excluding hydrogens is 318 g/mol. The van der Waals surface area contributed by atoms with Crippen LogP contribution < -0.4 is 9.47 Å². The largest absolute Gasteiger partial charge is 0.497 e. The SMILES string of the molecule is COc1cccc([C@H]2C=CC([N+](=O)[O-])=C[C@H]2c2cccc(OC)c2)c1. The number of hydrogen-bond acceptors (Lipinski definition) is 4. The molecule has 2 atom stereocenters. The summed E-state index contributed by atoms with van der Waals surface area (Å²) in [4.78, 5) is 10.9. The van der Waals surface area contributed by atoms with E-state index in [0.717, 1.165) is 22.6 Å². The summed E-state index contributed by atoms with van der Waals surface area (Å²) in [7, 11) is 3.23. The lowest BCUT2D eigenvalue weighted by atomic mass is 9.78. The molecule has 25 heavy (non-hydrogen) atoms. The monoisotopic (exact) mass is 337 g/mol. The van der Waals surface area contributed by atoms with Crippen molar-refractivity contribution in [3.63, 3.8) is 0 Å². The van der Waals surface area contributed by atoms with Crippen LogP contribution in [0.3, 0.4) is 0 Å². The van der Waals surface area contributed by atoms with Gasteiger partial charge in [-0.25, -0.2) is 0 Å². The molecule has 0 fully saturated rings. The molecule has 0 heterocycles. The van der Waals surface area contributed by atoms with Gasteiger partial charge in [0.25, 0.3) is 5.70 Å². The number of nitrogens with zero attached hydrogens (tertiary/aromatic N) is 1. The molecule has 0 N–H and O–H groups in total. The average Bonchev–Trinajstić information content (AvgIpc) is 2.67. The van der Waals surface area contributed by atoms with Crippen LogP contribution in [0.1, 0.15) is 23.0 Å². The van der Waals surface area contributed by atoms with Crippen molar-refractivity contribution in [1.82, 2.24) is 0 Å². The predicted molar refractivity (Wildman–Crippen MR) is 95.7 cm³/mol. The standard InChI is InChI=1S/C20H19NO4/c1-24-17-7-3-5-14(11-17)19-10-9-16(21(22)23)13-20(19)15-6-4-8-18(12-15)25-2/h3-13,19-20H,1-2H3/t19-,20+/m1/s1. The zero-order valence-corrected chi connectivity index (χ0v) is 14.1. The van der Waals surface area contributed by atoms with Crippen LogP contribution >= 0.6 is 0 Å². The lowest BCUT2D eigenvalue weighted by molar-refractivity contribution is -0.419. The fourth-order valence-electron chi connectivity index (χ4n) is 3.11. The topological polar surface area (TPSA) is 61.6 Å². The third kappa shape index (κ3) is 3.55. The van der Waals surface area contributed by atoms with Gasteiger partial charge in [-0.3, -0.25) is 10.1 Å². The molecule has 5 heteroatoms. The fourth-order valence-corrected chi connectivity index (χ4v) is 3.11. The van der Waals surface area contributed by atoms with Gasteiger partial charge in [-0.15, -0.1) is 0 Å². The van der Waals surface area contributed by atoms with Gasteiger partial charge in [-0.2, -0.15) is 0 Å². The Balaban J connectivity index is 2.06. The van der Waals surface area contributed by atoms with Crippen molar-refractivity contribution in [2.45, 2.75) is 11.8 Å². The maximum Gasteiger partial charge on any atom is 0.265 e. The summed E-state index contributed by atoms with van der Waals surface area (Å²) in [6.07, 6.45) is 5.16. The molecule has 0 amide bonds. The highest BCUT2D eigenvalue weighted by atomic mass is 16.6.